The van der Waals surface area contributed by atoms with E-state index in [2.05, 4.69) is 509 Å². The van der Waals surface area contributed by atoms with E-state index in [0.717, 1.165) is 34.1 Å². The van der Waals surface area contributed by atoms with Crippen molar-refractivity contribution in [3.63, 3.8) is 0 Å². The molecule has 5 aliphatic carbocycles. The van der Waals surface area contributed by atoms with Crippen molar-refractivity contribution in [1.29, 1.82) is 0 Å². The van der Waals surface area contributed by atoms with Crippen molar-refractivity contribution >= 4 is 55.7 Å². The minimum atomic E-state index is -0.603. The summed E-state index contributed by atoms with van der Waals surface area (Å²) >= 11 is 0. The lowest BCUT2D eigenvalue weighted by Crippen LogP contribution is -2.44. The summed E-state index contributed by atoms with van der Waals surface area (Å²) in [5.41, 5.74) is 38.1. The summed E-state index contributed by atoms with van der Waals surface area (Å²) in [6.07, 6.45) is 0. The monoisotopic (exact) mass is 1590 g/mol. The molecule has 2 spiro atoms. The van der Waals surface area contributed by atoms with E-state index in [1.165, 1.54) is 166 Å². The summed E-state index contributed by atoms with van der Waals surface area (Å²) in [4.78, 5) is 4.99. The lowest BCUT2D eigenvalue weighted by atomic mass is 9.51. The summed E-state index contributed by atoms with van der Waals surface area (Å²) < 4.78 is 0. The molecule has 0 unspecified atom stereocenters. The van der Waals surface area contributed by atoms with E-state index in [4.69, 9.17) is 0 Å². The molecule has 0 amide bonds. The van der Waals surface area contributed by atoms with Gasteiger partial charge in [0.05, 0.1) is 33.0 Å². The SMILES string of the molecule is CC1(C)c2ccccc2-c2ccc(N(c3ccc4c(c3)C3(c5ccccc5-4)c4ccccc4C(c4ccccc4)(c4ccccc4)c4ccccc43)c3cccc4ccccc34)cc21.c1ccc(-c2ccc(N(c3ccc4c(c3)C3(c5ccccc5-4)c4ccccc4C(c4ccccc4)(c4ccccc4)c4ccccc43)c3cccc4ccccc34)cc2)cc1. The molecule has 0 saturated carbocycles. The average molecular weight is 1590 g/mol. The Hall–Kier alpha value is -15.5. The van der Waals surface area contributed by atoms with Gasteiger partial charge in [0.25, 0.3) is 0 Å². The van der Waals surface area contributed by atoms with Crippen LogP contribution in [0, 0.1) is 0 Å². The molecular weight excluding hydrogens is 1510 g/mol. The molecule has 0 atom stereocenters. The van der Waals surface area contributed by atoms with Gasteiger partial charge in [-0.15, -0.1) is 0 Å². The lowest BCUT2D eigenvalue weighted by molar-refractivity contribution is 0.623. The zero-order valence-corrected chi connectivity index (χ0v) is 69.6. The average Bonchev–Trinajstić information content (AvgIpc) is 1.59. The second kappa shape index (κ2) is 28.9. The maximum atomic E-state index is 2.54. The Bertz CT molecular complexity index is 7450. The van der Waals surface area contributed by atoms with Crippen LogP contribution in [0.4, 0.5) is 34.1 Å². The van der Waals surface area contributed by atoms with E-state index in [0.29, 0.717) is 0 Å². The highest BCUT2D eigenvalue weighted by Crippen LogP contribution is 2.68. The van der Waals surface area contributed by atoms with Gasteiger partial charge in [-0.05, 0) is 216 Å². The molecule has 25 rings (SSSR count). The number of benzene rings is 20. The van der Waals surface area contributed by atoms with Crippen molar-refractivity contribution in [2.45, 2.75) is 40.9 Å². The zero-order chi connectivity index (χ0) is 83.0. The molecule has 588 valence electrons. The molecule has 0 heterocycles. The van der Waals surface area contributed by atoms with Crippen molar-refractivity contribution in [2.75, 3.05) is 9.80 Å². The summed E-state index contributed by atoms with van der Waals surface area (Å²) in [5.74, 6) is 0. The number of hydrogen-bond acceptors (Lipinski definition) is 2. The number of rotatable bonds is 11. The Balaban J connectivity index is 0.000000140. The van der Waals surface area contributed by atoms with E-state index in [9.17, 15) is 0 Å². The van der Waals surface area contributed by atoms with Gasteiger partial charge in [0.15, 0.2) is 0 Å². The van der Waals surface area contributed by atoms with E-state index < -0.39 is 21.7 Å². The lowest BCUT2D eigenvalue weighted by Gasteiger charge is -2.50. The molecule has 0 N–H and O–H groups in total. The summed E-state index contributed by atoms with van der Waals surface area (Å²) in [7, 11) is 0. The van der Waals surface area contributed by atoms with Crippen LogP contribution < -0.4 is 9.80 Å². The third-order valence-electron chi connectivity index (χ3n) is 28.4. The van der Waals surface area contributed by atoms with Crippen LogP contribution in [-0.2, 0) is 27.1 Å². The van der Waals surface area contributed by atoms with Gasteiger partial charge >= 0.3 is 0 Å². The van der Waals surface area contributed by atoms with Crippen LogP contribution in [0.3, 0.4) is 0 Å². The maximum absolute atomic E-state index is 2.54. The number of nitrogens with zero attached hydrogens (tertiary/aromatic N) is 2. The predicted octanol–water partition coefficient (Wildman–Crippen LogP) is 30.7. The Morgan fingerprint density at radius 2 is 0.408 bits per heavy atom. The van der Waals surface area contributed by atoms with E-state index in [1.54, 1.807) is 0 Å². The normalized spacial score (nSPS) is 14.5. The van der Waals surface area contributed by atoms with Gasteiger partial charge in [0.2, 0.25) is 0 Å². The van der Waals surface area contributed by atoms with Gasteiger partial charge in [-0.3, -0.25) is 0 Å². The van der Waals surface area contributed by atoms with Crippen LogP contribution in [0.5, 0.6) is 0 Å². The van der Waals surface area contributed by atoms with Crippen molar-refractivity contribution < 1.29 is 0 Å². The van der Waals surface area contributed by atoms with Crippen LogP contribution >= 0.6 is 0 Å². The second-order valence-electron chi connectivity index (χ2n) is 34.7. The summed E-state index contributed by atoms with van der Waals surface area (Å²) in [5, 5.41) is 4.86. The Morgan fingerprint density at radius 1 is 0.160 bits per heavy atom. The molecule has 5 aliphatic rings. The molecule has 0 aromatic heterocycles. The molecule has 2 heteroatoms. The Kier molecular flexibility index (Phi) is 17.0. The molecule has 125 heavy (non-hydrogen) atoms. The standard InChI is InChI=1S/C63H45N.C60H41N/c1-61(2)52-29-13-11-27-48(52)50-38-36-45(40-58(50)61)64(60-35-19-21-42-20-9-10-26-47(42)60)46-37-39-51-49-28-12-14-30-53(49)63(59(51)41-46)56-33-17-15-31-54(56)62(43-22-5-3-6-23-43,44-24-7-4-8-25-44)55-32-16-18-34-57(55)63;1-4-19-42(20-5-1)43-35-37-47(38-36-43)61(58-34-18-22-44-21-10-11-27-49(44)58)48-39-40-51-50-28-12-13-29-52(50)60(57(51)41-48)55-32-16-14-30-53(55)59(45-23-6-2-7-24-45,46-25-8-3-9-26-46)54-31-15-17-33-56(54)60/h3-41H,1-2H3;1-41H. The van der Waals surface area contributed by atoms with Gasteiger partial charge in [0, 0.05) is 38.9 Å². The quantitative estimate of drug-likeness (QED) is 0.127. The maximum Gasteiger partial charge on any atom is 0.0720 e. The van der Waals surface area contributed by atoms with Crippen LogP contribution in [0.1, 0.15) is 114 Å². The minimum absolute atomic E-state index is 0.143. The van der Waals surface area contributed by atoms with Gasteiger partial charge in [-0.2, -0.15) is 0 Å². The largest absolute Gasteiger partial charge is 0.310 e. The first-order chi connectivity index (χ1) is 61.8. The molecule has 2 nitrogen and oxygen atoms in total. The first-order valence-corrected chi connectivity index (χ1v) is 43.9. The molecule has 0 aliphatic heterocycles. The van der Waals surface area contributed by atoms with Crippen molar-refractivity contribution in [3.05, 3.63) is 585 Å². The van der Waals surface area contributed by atoms with Crippen molar-refractivity contribution in [3.8, 4) is 44.5 Å². The summed E-state index contributed by atoms with van der Waals surface area (Å²) in [6.45, 7) is 4.76. The highest BCUT2D eigenvalue weighted by Gasteiger charge is 2.59. The molecular formula is C123H86N2. The topological polar surface area (TPSA) is 6.48 Å². The highest BCUT2D eigenvalue weighted by molar-refractivity contribution is 6.03. The highest BCUT2D eigenvalue weighted by atomic mass is 15.2. The second-order valence-corrected chi connectivity index (χ2v) is 34.7. The first-order valence-electron chi connectivity index (χ1n) is 43.9. The third kappa shape index (κ3) is 10.6. The van der Waals surface area contributed by atoms with Crippen LogP contribution in [0.2, 0.25) is 0 Å². The molecule has 20 aromatic rings. The molecule has 0 bridgehead atoms. The minimum Gasteiger partial charge on any atom is -0.310 e. The Morgan fingerprint density at radius 3 is 0.784 bits per heavy atom. The van der Waals surface area contributed by atoms with E-state index in [1.807, 2.05) is 0 Å². The zero-order valence-electron chi connectivity index (χ0n) is 69.6. The number of hydrogen-bond donors (Lipinski definition) is 0. The molecule has 0 saturated heterocycles. The fourth-order valence-electron chi connectivity index (χ4n) is 23.4. The first kappa shape index (κ1) is 73.4. The molecule has 20 aromatic carbocycles. The van der Waals surface area contributed by atoms with Gasteiger partial charge in [-0.25, -0.2) is 0 Å². The Labute approximate surface area is 731 Å². The molecule has 0 fully saturated rings. The van der Waals surface area contributed by atoms with Crippen molar-refractivity contribution in [1.82, 2.24) is 0 Å². The smallest absolute Gasteiger partial charge is 0.0720 e. The van der Waals surface area contributed by atoms with Gasteiger partial charge < -0.3 is 9.80 Å². The third-order valence-corrected chi connectivity index (χ3v) is 28.4. The summed E-state index contributed by atoms with van der Waals surface area (Å²) in [6, 6.07) is 182. The van der Waals surface area contributed by atoms with E-state index in [-0.39, 0.29) is 5.41 Å². The van der Waals surface area contributed by atoms with Gasteiger partial charge in [0.1, 0.15) is 0 Å². The van der Waals surface area contributed by atoms with Crippen molar-refractivity contribution in [2.24, 2.45) is 0 Å². The van der Waals surface area contributed by atoms with Crippen LogP contribution in [0.25, 0.3) is 66.1 Å². The van der Waals surface area contributed by atoms with E-state index >= 15 is 0 Å². The van der Waals surface area contributed by atoms with Gasteiger partial charge in [-0.1, -0.05) is 438 Å². The van der Waals surface area contributed by atoms with Crippen LogP contribution in [0.15, 0.2) is 485 Å². The van der Waals surface area contributed by atoms with Crippen LogP contribution in [-0.4, -0.2) is 0 Å². The number of fused-ring (bicyclic) bond motifs is 23. The fourth-order valence-corrected chi connectivity index (χ4v) is 23.4. The molecule has 0 radical (unpaired) electrons. The predicted molar refractivity (Wildman–Crippen MR) is 519 cm³/mol. The number of anilines is 6. The fraction of sp³-hybridized carbons (Fsp3) is 0.0569.